The number of nitriles is 1. The molecule has 6 heteroatoms. The molecule has 0 N–H and O–H groups in total. The number of ether oxygens (including phenoxy) is 2. The molecule has 2 aromatic rings. The molecule has 1 aliphatic rings. The number of hydrogen-bond donors (Lipinski definition) is 0. The molecule has 0 bridgehead atoms. The molecule has 3 rings (SSSR count). The quantitative estimate of drug-likeness (QED) is 0.572. The number of fused-ring (bicyclic) bond motifs is 1. The van der Waals surface area contributed by atoms with Crippen LogP contribution in [0.1, 0.15) is 18.1 Å². The first-order chi connectivity index (χ1) is 13.6. The van der Waals surface area contributed by atoms with E-state index in [0.717, 1.165) is 23.2 Å². The van der Waals surface area contributed by atoms with Gasteiger partial charge in [0.05, 0.1) is 0 Å². The minimum Gasteiger partial charge on any atom is -0.479 e. The number of amides is 1. The van der Waals surface area contributed by atoms with E-state index >= 15 is 0 Å². The lowest BCUT2D eigenvalue weighted by Gasteiger charge is -2.21. The first-order valence-corrected chi connectivity index (χ1v) is 8.96. The highest BCUT2D eigenvalue weighted by atomic mass is 16.5. The van der Waals surface area contributed by atoms with E-state index in [1.165, 1.54) is 6.08 Å². The van der Waals surface area contributed by atoms with E-state index in [0.29, 0.717) is 12.3 Å². The maximum absolute atomic E-state index is 12.6. The van der Waals surface area contributed by atoms with Gasteiger partial charge < -0.3 is 14.4 Å². The van der Waals surface area contributed by atoms with E-state index in [2.05, 4.69) is 0 Å². The second-order valence-corrected chi connectivity index (χ2v) is 6.30. The molecule has 0 fully saturated rings. The van der Waals surface area contributed by atoms with Gasteiger partial charge in [0.2, 0.25) is 0 Å². The van der Waals surface area contributed by atoms with E-state index < -0.39 is 12.1 Å². The van der Waals surface area contributed by atoms with Crippen LogP contribution in [-0.2, 0) is 20.7 Å². The molecule has 1 aliphatic heterocycles. The summed E-state index contributed by atoms with van der Waals surface area (Å²) in [6, 6.07) is 16.6. The number of carbonyl (C=O) groups is 2. The third kappa shape index (κ3) is 4.57. The standard InChI is InChI=1S/C22H20N2O4/c1-16(22(26)24-14-12-18-4-2-3-5-20(18)24)28-21(25)11-8-17-6-9-19(10-7-17)27-15-13-23/h2-11,16H,12,14-15H2,1H3/b11-8+. The Morgan fingerprint density at radius 3 is 2.71 bits per heavy atom. The average Bonchev–Trinajstić information content (AvgIpc) is 3.15. The molecular formula is C22H20N2O4. The van der Waals surface area contributed by atoms with E-state index in [1.807, 2.05) is 30.3 Å². The summed E-state index contributed by atoms with van der Waals surface area (Å²) >= 11 is 0. The number of nitrogens with zero attached hydrogens (tertiary/aromatic N) is 2. The van der Waals surface area contributed by atoms with E-state index in [4.69, 9.17) is 14.7 Å². The van der Waals surface area contributed by atoms with Crippen molar-refractivity contribution in [3.8, 4) is 11.8 Å². The summed E-state index contributed by atoms with van der Waals surface area (Å²) in [5, 5.41) is 8.49. The van der Waals surface area contributed by atoms with Gasteiger partial charge in [0.15, 0.2) is 12.7 Å². The molecule has 1 amide bonds. The van der Waals surface area contributed by atoms with Crippen molar-refractivity contribution >= 4 is 23.6 Å². The van der Waals surface area contributed by atoms with Crippen molar-refractivity contribution in [1.82, 2.24) is 0 Å². The fourth-order valence-electron chi connectivity index (χ4n) is 3.01. The molecule has 1 unspecified atom stereocenters. The first kappa shape index (κ1) is 19.2. The van der Waals surface area contributed by atoms with Crippen molar-refractivity contribution in [1.29, 1.82) is 5.26 Å². The summed E-state index contributed by atoms with van der Waals surface area (Å²) in [5.74, 6) is -0.241. The largest absolute Gasteiger partial charge is 0.479 e. The van der Waals surface area contributed by atoms with Crippen LogP contribution in [0.3, 0.4) is 0 Å². The lowest BCUT2D eigenvalue weighted by molar-refractivity contribution is -0.149. The van der Waals surface area contributed by atoms with E-state index in [-0.39, 0.29) is 12.5 Å². The number of benzene rings is 2. The zero-order valence-corrected chi connectivity index (χ0v) is 15.5. The van der Waals surface area contributed by atoms with Crippen molar-refractivity contribution in [2.24, 2.45) is 0 Å². The van der Waals surface area contributed by atoms with Gasteiger partial charge >= 0.3 is 5.97 Å². The Balaban J connectivity index is 1.55. The van der Waals surface area contributed by atoms with Gasteiger partial charge in [0.1, 0.15) is 11.8 Å². The molecule has 0 aromatic heterocycles. The Morgan fingerprint density at radius 2 is 1.96 bits per heavy atom. The summed E-state index contributed by atoms with van der Waals surface area (Å²) in [7, 11) is 0. The van der Waals surface area contributed by atoms with Crippen LogP contribution in [0, 0.1) is 11.3 Å². The lowest BCUT2D eigenvalue weighted by Crippen LogP contribution is -2.38. The predicted molar refractivity (Wildman–Crippen MR) is 105 cm³/mol. The zero-order chi connectivity index (χ0) is 19.9. The fraction of sp³-hybridized carbons (Fsp3) is 0.227. The van der Waals surface area contributed by atoms with Gasteiger partial charge in [-0.3, -0.25) is 4.79 Å². The number of anilines is 1. The highest BCUT2D eigenvalue weighted by Crippen LogP contribution is 2.28. The van der Waals surface area contributed by atoms with Crippen molar-refractivity contribution < 1.29 is 19.1 Å². The number of esters is 1. The molecule has 2 aromatic carbocycles. The summed E-state index contributed by atoms with van der Waals surface area (Å²) in [6.07, 6.45) is 2.81. The fourth-order valence-corrected chi connectivity index (χ4v) is 3.01. The summed E-state index contributed by atoms with van der Waals surface area (Å²) < 4.78 is 10.4. The SMILES string of the molecule is CC(OC(=O)/C=C/c1ccc(OCC#N)cc1)C(=O)N1CCc2ccccc21. The Morgan fingerprint density at radius 1 is 1.21 bits per heavy atom. The molecule has 28 heavy (non-hydrogen) atoms. The van der Waals surface area contributed by atoms with Crippen LogP contribution in [0.4, 0.5) is 5.69 Å². The molecule has 0 aliphatic carbocycles. The molecule has 1 atom stereocenters. The number of hydrogen-bond acceptors (Lipinski definition) is 5. The van der Waals surface area contributed by atoms with E-state index in [9.17, 15) is 9.59 Å². The van der Waals surface area contributed by atoms with Crippen molar-refractivity contribution in [2.45, 2.75) is 19.4 Å². The van der Waals surface area contributed by atoms with Gasteiger partial charge in [-0.25, -0.2) is 4.79 Å². The molecule has 0 saturated heterocycles. The normalized spacial score (nSPS) is 13.6. The molecule has 6 nitrogen and oxygen atoms in total. The van der Waals surface area contributed by atoms with Crippen LogP contribution in [-0.4, -0.2) is 31.1 Å². The molecule has 0 spiro atoms. The Bertz CT molecular complexity index is 928. The topological polar surface area (TPSA) is 79.6 Å². The van der Waals surface area contributed by atoms with E-state index in [1.54, 1.807) is 42.2 Å². The van der Waals surface area contributed by atoms with Gasteiger partial charge in [-0.1, -0.05) is 30.3 Å². The van der Waals surface area contributed by atoms with Gasteiger partial charge in [-0.2, -0.15) is 5.26 Å². The summed E-state index contributed by atoms with van der Waals surface area (Å²) in [6.45, 7) is 2.15. The molecule has 142 valence electrons. The Hall–Kier alpha value is -3.59. The average molecular weight is 376 g/mol. The number of para-hydroxylation sites is 1. The van der Waals surface area contributed by atoms with Crippen molar-refractivity contribution in [3.05, 3.63) is 65.7 Å². The third-order valence-corrected chi connectivity index (χ3v) is 4.39. The minimum absolute atomic E-state index is 0.0189. The number of carbonyl (C=O) groups excluding carboxylic acids is 2. The minimum atomic E-state index is -0.870. The third-order valence-electron chi connectivity index (χ3n) is 4.39. The molecular weight excluding hydrogens is 356 g/mol. The molecule has 0 radical (unpaired) electrons. The van der Waals surface area contributed by atoms with Gasteiger partial charge in [-0.15, -0.1) is 0 Å². The van der Waals surface area contributed by atoms with Crippen LogP contribution in [0.2, 0.25) is 0 Å². The van der Waals surface area contributed by atoms with Crippen LogP contribution < -0.4 is 9.64 Å². The zero-order valence-electron chi connectivity index (χ0n) is 15.5. The second kappa shape index (κ2) is 8.87. The smallest absolute Gasteiger partial charge is 0.331 e. The maximum Gasteiger partial charge on any atom is 0.331 e. The maximum atomic E-state index is 12.6. The van der Waals surface area contributed by atoms with Crippen LogP contribution >= 0.6 is 0 Å². The number of rotatable bonds is 6. The van der Waals surface area contributed by atoms with Gasteiger partial charge in [0, 0.05) is 18.3 Å². The second-order valence-electron chi connectivity index (χ2n) is 6.30. The summed E-state index contributed by atoms with van der Waals surface area (Å²) in [4.78, 5) is 26.4. The van der Waals surface area contributed by atoms with Gasteiger partial charge in [0.25, 0.3) is 5.91 Å². The van der Waals surface area contributed by atoms with Crippen LogP contribution in [0.25, 0.3) is 6.08 Å². The Kier molecular flexibility index (Phi) is 6.07. The highest BCUT2D eigenvalue weighted by molar-refractivity contribution is 6.00. The summed E-state index contributed by atoms with van der Waals surface area (Å²) in [5.41, 5.74) is 2.77. The molecule has 1 heterocycles. The van der Waals surface area contributed by atoms with Gasteiger partial charge in [-0.05, 0) is 48.7 Å². The first-order valence-electron chi connectivity index (χ1n) is 8.96. The predicted octanol–water partition coefficient (Wildman–Crippen LogP) is 3.12. The van der Waals surface area contributed by atoms with Crippen molar-refractivity contribution in [3.63, 3.8) is 0 Å². The highest BCUT2D eigenvalue weighted by Gasteiger charge is 2.29. The monoisotopic (exact) mass is 376 g/mol. The molecule has 0 saturated carbocycles. The van der Waals surface area contributed by atoms with Crippen LogP contribution in [0.15, 0.2) is 54.6 Å². The van der Waals surface area contributed by atoms with Crippen molar-refractivity contribution in [2.75, 3.05) is 18.1 Å². The Labute approximate surface area is 163 Å². The lowest BCUT2D eigenvalue weighted by atomic mass is 10.2. The van der Waals surface area contributed by atoms with Crippen LogP contribution in [0.5, 0.6) is 5.75 Å².